The van der Waals surface area contributed by atoms with Crippen molar-refractivity contribution in [1.29, 1.82) is 10.5 Å². The number of nitrogens with zero attached hydrogens (tertiary/aromatic N) is 7. The first-order valence-electron chi connectivity index (χ1n) is 47.3. The quantitative estimate of drug-likeness (QED) is 0.135. The van der Waals surface area contributed by atoms with Crippen molar-refractivity contribution in [1.82, 2.24) is 13.7 Å². The van der Waals surface area contributed by atoms with Gasteiger partial charge < -0.3 is 23.5 Å². The molecule has 3 aromatic heterocycles. The smallest absolute Gasteiger partial charge is 0.252 e. The molecule has 0 aliphatic carbocycles. The Morgan fingerprint density at radius 2 is 0.806 bits per heavy atom. The fraction of sp³-hybridized carbons (Fsp3) is 0.0800. The van der Waals surface area contributed by atoms with Gasteiger partial charge in [0.2, 0.25) is 0 Å². The van der Waals surface area contributed by atoms with Crippen molar-refractivity contribution in [3.8, 4) is 73.7 Å². The molecule has 0 amide bonds. The highest BCUT2D eigenvalue weighted by molar-refractivity contribution is 7.00. The maximum Gasteiger partial charge on any atom is 0.252 e. The van der Waals surface area contributed by atoms with E-state index in [4.69, 9.17) is 5.48 Å². The molecule has 5 heterocycles. The third kappa shape index (κ3) is 10.2. The summed E-state index contributed by atoms with van der Waals surface area (Å²) in [6.45, 7) is 12.0. The molecule has 0 spiro atoms. The van der Waals surface area contributed by atoms with Gasteiger partial charge in [0.15, 0.2) is 0 Å². The number of rotatable bonds is 9. The number of aromatic nitrogens is 3. The van der Waals surface area contributed by atoms with E-state index in [0.717, 1.165) is 55.2 Å². The second-order valence-corrected chi connectivity index (χ2v) is 29.3. The van der Waals surface area contributed by atoms with Crippen molar-refractivity contribution in [2.24, 2.45) is 0 Å². The van der Waals surface area contributed by atoms with Gasteiger partial charge in [-0.15, -0.1) is 0 Å². The van der Waals surface area contributed by atoms with Crippen LogP contribution in [0.1, 0.15) is 96.7 Å². The summed E-state index contributed by atoms with van der Waals surface area (Å²) in [5, 5.41) is 23.7. The third-order valence-electron chi connectivity index (χ3n) is 21.0. The third-order valence-corrected chi connectivity index (χ3v) is 21.0. The highest BCUT2D eigenvalue weighted by Gasteiger charge is 2.45. The van der Waals surface area contributed by atoms with E-state index in [-0.39, 0.29) is 88.7 Å². The first-order chi connectivity index (χ1) is 62.7. The predicted molar refractivity (Wildman–Crippen MR) is 452 cm³/mol. The number of nitriles is 2. The van der Waals surface area contributed by atoms with Crippen LogP contribution in [0.2, 0.25) is 0 Å². The minimum atomic E-state index is -1.03. The number of hydrogen-bond acceptors (Lipinski definition) is 4. The van der Waals surface area contributed by atoms with Gasteiger partial charge in [-0.3, -0.25) is 0 Å². The van der Waals surface area contributed by atoms with Crippen molar-refractivity contribution in [2.45, 2.75) is 52.4 Å². The van der Waals surface area contributed by atoms with Gasteiger partial charge in [0.25, 0.3) is 6.71 Å². The molecule has 108 heavy (non-hydrogen) atoms. The average Bonchev–Trinajstić information content (AvgIpc) is 1.26. The van der Waals surface area contributed by atoms with Crippen LogP contribution in [0.25, 0.3) is 127 Å². The summed E-state index contributed by atoms with van der Waals surface area (Å²) < 4.78 is 233. The van der Waals surface area contributed by atoms with E-state index in [1.165, 1.54) is 27.3 Å². The molecule has 2 aliphatic heterocycles. The number of benzene rings is 15. The minimum absolute atomic E-state index is 0.0186. The van der Waals surface area contributed by atoms with Crippen LogP contribution in [0.3, 0.4) is 0 Å². The molecular weight excluding hydrogens is 1310 g/mol. The number of para-hydroxylation sites is 2. The summed E-state index contributed by atoms with van der Waals surface area (Å²) in [7, 11) is 0. The molecule has 0 saturated carbocycles. The van der Waals surface area contributed by atoms with E-state index in [9.17, 15) is 37.9 Å². The van der Waals surface area contributed by atoms with Gasteiger partial charge in [-0.1, -0.05) is 241 Å². The van der Waals surface area contributed by atoms with E-state index >= 15 is 0 Å². The lowest BCUT2D eigenvalue weighted by molar-refractivity contribution is 0.590. The van der Waals surface area contributed by atoms with Crippen LogP contribution in [-0.4, -0.2) is 20.4 Å². The zero-order valence-corrected chi connectivity index (χ0v) is 59.0. The summed E-state index contributed by atoms with van der Waals surface area (Å²) in [5.74, 6) is 0. The zero-order valence-electron chi connectivity index (χ0n) is 83.0. The second-order valence-electron chi connectivity index (χ2n) is 29.3. The van der Waals surface area contributed by atoms with Crippen LogP contribution in [-0.2, 0) is 10.8 Å². The van der Waals surface area contributed by atoms with Crippen molar-refractivity contribution in [3.05, 3.63) is 349 Å². The number of anilines is 6. The van der Waals surface area contributed by atoms with E-state index in [2.05, 4.69) is 106 Å². The number of hydrogen-bond donors (Lipinski definition) is 0. The van der Waals surface area contributed by atoms with Gasteiger partial charge in [-0.25, -0.2) is 0 Å². The maximum absolute atomic E-state index is 12.3. The Bertz CT molecular complexity index is 8140. The molecule has 510 valence electrons. The molecule has 2 aliphatic rings. The lowest BCUT2D eigenvalue weighted by Crippen LogP contribution is -2.61. The molecule has 20 rings (SSSR count). The van der Waals surface area contributed by atoms with Crippen LogP contribution < -0.4 is 26.2 Å². The molecule has 0 N–H and O–H groups in total. The SMILES string of the molecule is [2H]c1c([2H])c([2H])c(-c2ccc3c(c2)N(c2cc(-n4c5c([2H])c([2H])c(C#N)c([2H])c5c5c([2H])c([2H])c(-c6c([2H])c([2H])c([2H])c([2H])c6[2H])c([2H])c54)ccc2C#N)c2cc(-n4c5c([2H])c([2H])c([2H])c([2H])c5c5c([2H])c([2H])c([2H])c([2H])c54)cc4c2B3c2ccc(-n3c5ccc(C(C)(C)C)cc5c5cc(C(C)(C)C)ccc53)cc2N4c2cc(-c3ccccc3)cc(-c3ccccc3)c2)c([2H])c1[2H]. The van der Waals surface area contributed by atoms with Crippen molar-refractivity contribution in [3.63, 3.8) is 0 Å². The van der Waals surface area contributed by atoms with Gasteiger partial charge in [-0.2, -0.15) is 10.5 Å². The lowest BCUT2D eigenvalue weighted by atomic mass is 9.33. The van der Waals surface area contributed by atoms with Crippen LogP contribution >= 0.6 is 0 Å². The molecule has 0 radical (unpaired) electrons. The Morgan fingerprint density at radius 1 is 0.306 bits per heavy atom. The standard InChI is InChI=1S/C100H72BN7/c1-99(2,3)73-39-47-90-83(55-73)84-56-74(100(4,5)6)40-48-91(84)104(90)76-42-45-86-95(58-76)107(77-51-71(66-27-15-9-16-28-66)50-72(52-77)67-29-17-10-18-30-67)96-59-78(106-87-33-21-19-31-79(87)80-32-20-22-34-88(80)106)60-97-98(96)101(86)85-44-38-69(65-25-13-8-14-26-65)54-94(85)108(97)92-57-75(41-36-70(92)62-103)105-89-46-35-63(61-102)49-82(89)81-43-37-68(53-93(81)105)64-23-11-7-12-24-64/h7-60H,1-6H3/i7D,8D,11D,12D,13D,14D,19D,20D,21D,22D,23D,24D,25D,26D,31D,32D,33D,34D,35D,37D,43D,46D,49D,53D. The summed E-state index contributed by atoms with van der Waals surface area (Å²) in [6, 6.07) is 44.3. The largest absolute Gasteiger partial charge is 0.311 e. The fourth-order valence-corrected chi connectivity index (χ4v) is 15.9. The van der Waals surface area contributed by atoms with Crippen molar-refractivity contribution in [2.75, 3.05) is 9.80 Å². The molecule has 15 aromatic carbocycles. The average molecular weight is 1410 g/mol. The van der Waals surface area contributed by atoms with Crippen LogP contribution in [0.4, 0.5) is 34.1 Å². The Morgan fingerprint density at radius 3 is 1.40 bits per heavy atom. The molecule has 0 atom stereocenters. The van der Waals surface area contributed by atoms with Gasteiger partial charge >= 0.3 is 0 Å². The minimum Gasteiger partial charge on any atom is -0.311 e. The molecule has 7 nitrogen and oxygen atoms in total. The predicted octanol–water partition coefficient (Wildman–Crippen LogP) is 24.1. The van der Waals surface area contributed by atoms with Crippen molar-refractivity contribution >= 4 is 123 Å². The molecule has 18 aromatic rings. The highest BCUT2D eigenvalue weighted by atomic mass is 15.2. The first-order valence-corrected chi connectivity index (χ1v) is 35.3. The normalized spacial score (nSPS) is 15.8. The Kier molecular flexibility index (Phi) is 9.88. The molecule has 0 unspecified atom stereocenters. The Hall–Kier alpha value is -13.7. The zero-order chi connectivity index (χ0) is 93.7. The van der Waals surface area contributed by atoms with Crippen molar-refractivity contribution < 1.29 is 32.9 Å². The van der Waals surface area contributed by atoms with E-state index in [1.54, 1.807) is 35.2 Å². The molecular formula is C100H72BN7. The summed E-state index contributed by atoms with van der Waals surface area (Å²) >= 11 is 0. The van der Waals surface area contributed by atoms with Gasteiger partial charge in [0.1, 0.15) is 6.07 Å². The maximum atomic E-state index is 12.3. The Balaban J connectivity index is 0.998. The van der Waals surface area contributed by atoms with E-state index < -0.39 is 179 Å². The van der Waals surface area contributed by atoms with Crippen LogP contribution in [0.5, 0.6) is 0 Å². The molecule has 8 heteroatoms. The lowest BCUT2D eigenvalue weighted by Gasteiger charge is -2.45. The summed E-state index contributed by atoms with van der Waals surface area (Å²) in [5.41, 5.74) is 6.31. The van der Waals surface area contributed by atoms with Gasteiger partial charge in [0, 0.05) is 72.1 Å². The van der Waals surface area contributed by atoms with Crippen LogP contribution in [0, 0.1) is 22.7 Å². The van der Waals surface area contributed by atoms with E-state index in [0.29, 0.717) is 39.1 Å². The van der Waals surface area contributed by atoms with E-state index in [1.807, 2.05) is 91.0 Å². The Labute approximate surface area is 662 Å². The fourth-order valence-electron chi connectivity index (χ4n) is 15.9. The highest BCUT2D eigenvalue weighted by Crippen LogP contribution is 2.51. The van der Waals surface area contributed by atoms with Gasteiger partial charge in [0.05, 0.1) is 94.6 Å². The second kappa shape index (κ2) is 24.5. The first kappa shape index (κ1) is 43.6. The van der Waals surface area contributed by atoms with Crippen LogP contribution in [0.15, 0.2) is 327 Å². The number of fused-ring (bicyclic) bond motifs is 13. The monoisotopic (exact) mass is 1410 g/mol. The summed E-state index contributed by atoms with van der Waals surface area (Å²) in [6.07, 6.45) is 0. The summed E-state index contributed by atoms with van der Waals surface area (Å²) in [4.78, 5) is 3.73. The topological polar surface area (TPSA) is 68.8 Å². The molecule has 0 fully saturated rings. The molecule has 0 saturated heterocycles. The molecule has 0 bridgehead atoms. The van der Waals surface area contributed by atoms with Gasteiger partial charge in [-0.05, 0) is 210 Å².